The number of amides is 1. The molecule has 5 N–H and O–H groups in total. The van der Waals surface area contributed by atoms with Gasteiger partial charge in [0.2, 0.25) is 5.96 Å². The van der Waals surface area contributed by atoms with Gasteiger partial charge in [-0.05, 0) is 59.1 Å². The molecule has 1 atom stereocenters. The number of alkyl carbamates (subject to hydrolysis) is 1. The fourth-order valence-electron chi connectivity index (χ4n) is 2.79. The maximum absolute atomic E-state index is 12.5. The van der Waals surface area contributed by atoms with Crippen molar-refractivity contribution in [3.05, 3.63) is 29.8 Å². The predicted molar refractivity (Wildman–Crippen MR) is 127 cm³/mol. The van der Waals surface area contributed by atoms with Gasteiger partial charge in [0.1, 0.15) is 5.60 Å². The molecule has 0 aliphatic heterocycles. The molecular weight excluding hydrogens is 464 g/mol. The molecule has 0 aliphatic rings. The fraction of sp³-hybridized carbons (Fsp3) is 0.545. The van der Waals surface area contributed by atoms with Crippen LogP contribution < -0.4 is 15.8 Å². The number of rotatable bonds is 12. The van der Waals surface area contributed by atoms with E-state index in [1.165, 1.54) is 12.1 Å². The van der Waals surface area contributed by atoms with Gasteiger partial charge in [-0.15, -0.1) is 0 Å². The molecule has 1 rings (SSSR count). The Hall–Kier alpha value is -3.15. The third-order valence-electron chi connectivity index (χ3n) is 4.40. The minimum atomic E-state index is -3.88. The zero-order valence-electron chi connectivity index (χ0n) is 20.0. The highest BCUT2D eigenvalue weighted by Gasteiger charge is 2.24. The molecule has 11 nitrogen and oxygen atoms in total. The van der Waals surface area contributed by atoms with Crippen LogP contribution in [0.5, 0.6) is 0 Å². The standard InChI is InChI=1S/C22H34N4O7S/c1-15-10-12-16(13-11-15)34(31,32)26-20(23)24-14-6-7-17(18(27)8-5-9-19(28)29)25-21(30)33-22(2,3)4/h10-13,17H,5-9,14H2,1-4H3,(H,25,30)(H,28,29)(H3,23,24,26). The summed E-state index contributed by atoms with van der Waals surface area (Å²) in [6, 6.07) is 5.33. The molecule has 0 spiro atoms. The van der Waals surface area contributed by atoms with Crippen LogP contribution >= 0.6 is 0 Å². The van der Waals surface area contributed by atoms with E-state index in [1.807, 2.05) is 6.92 Å². The first-order chi connectivity index (χ1) is 15.7. The van der Waals surface area contributed by atoms with Crippen molar-refractivity contribution in [2.24, 2.45) is 10.7 Å². The van der Waals surface area contributed by atoms with E-state index in [2.05, 4.69) is 15.0 Å². The summed E-state index contributed by atoms with van der Waals surface area (Å²) in [5.74, 6) is -1.64. The molecule has 34 heavy (non-hydrogen) atoms. The van der Waals surface area contributed by atoms with Gasteiger partial charge in [0.05, 0.1) is 10.9 Å². The molecule has 0 saturated heterocycles. The number of aliphatic carboxylic acids is 1. The number of aryl methyl sites for hydroxylation is 1. The van der Waals surface area contributed by atoms with E-state index in [1.54, 1.807) is 32.9 Å². The molecule has 0 aliphatic carbocycles. The highest BCUT2D eigenvalue weighted by Crippen LogP contribution is 2.11. The third-order valence-corrected chi connectivity index (χ3v) is 5.77. The third kappa shape index (κ3) is 11.6. The number of ether oxygens (including phenoxy) is 1. The Bertz CT molecular complexity index is 984. The molecular formula is C22H34N4O7S. The number of nitrogens with zero attached hydrogens (tertiary/aromatic N) is 1. The Balaban J connectivity index is 2.69. The Morgan fingerprint density at radius 1 is 1.12 bits per heavy atom. The molecule has 1 amide bonds. The number of Topliss-reactive ketones (excluding diaryl/α,β-unsaturated/α-hetero) is 1. The monoisotopic (exact) mass is 498 g/mol. The Kier molecular flexibility index (Phi) is 11.0. The van der Waals surface area contributed by atoms with E-state index < -0.39 is 33.7 Å². The van der Waals surface area contributed by atoms with Crippen LogP contribution in [0.3, 0.4) is 0 Å². The highest BCUT2D eigenvalue weighted by molar-refractivity contribution is 7.90. The number of carboxylic acid groups (broad SMARTS) is 1. The molecule has 1 aromatic rings. The number of carbonyl (C=O) groups excluding carboxylic acids is 2. The zero-order chi connectivity index (χ0) is 25.9. The number of carbonyl (C=O) groups is 3. The van der Waals surface area contributed by atoms with Crippen LogP contribution in [0.25, 0.3) is 0 Å². The van der Waals surface area contributed by atoms with Crippen molar-refractivity contribution in [1.82, 2.24) is 10.0 Å². The van der Waals surface area contributed by atoms with Gasteiger partial charge >= 0.3 is 12.1 Å². The first-order valence-electron chi connectivity index (χ1n) is 10.8. The molecule has 0 bridgehead atoms. The van der Waals surface area contributed by atoms with E-state index in [4.69, 9.17) is 15.6 Å². The molecule has 0 aromatic heterocycles. The van der Waals surface area contributed by atoms with Crippen molar-refractivity contribution < 1.29 is 32.6 Å². The summed E-state index contributed by atoms with van der Waals surface area (Å²) in [7, 11) is -3.88. The second-order valence-electron chi connectivity index (χ2n) is 8.74. The summed E-state index contributed by atoms with van der Waals surface area (Å²) in [5.41, 5.74) is 5.85. The molecule has 0 saturated carbocycles. The number of nitrogens with one attached hydrogen (secondary N) is 2. The van der Waals surface area contributed by atoms with Crippen LogP contribution in [0.4, 0.5) is 4.79 Å². The smallest absolute Gasteiger partial charge is 0.408 e. The van der Waals surface area contributed by atoms with E-state index in [9.17, 15) is 22.8 Å². The lowest BCUT2D eigenvalue weighted by Crippen LogP contribution is -2.43. The lowest BCUT2D eigenvalue weighted by atomic mass is 10.0. The summed E-state index contributed by atoms with van der Waals surface area (Å²) in [6.45, 7) is 6.99. The number of hydrogen-bond donors (Lipinski definition) is 4. The summed E-state index contributed by atoms with van der Waals surface area (Å²) in [6.07, 6.45) is -0.309. The molecule has 190 valence electrons. The van der Waals surface area contributed by atoms with Crippen LogP contribution in [-0.2, 0) is 24.3 Å². The molecule has 1 unspecified atom stereocenters. The summed E-state index contributed by atoms with van der Waals surface area (Å²) in [5, 5.41) is 11.3. The van der Waals surface area contributed by atoms with Crippen molar-refractivity contribution in [3.63, 3.8) is 0 Å². The van der Waals surface area contributed by atoms with Crippen LogP contribution in [-0.4, -0.2) is 55.5 Å². The SMILES string of the molecule is Cc1ccc(S(=O)(=O)NC(N)=NCCCC(NC(=O)OC(C)(C)C)C(=O)CCCC(=O)O)cc1. The fourth-order valence-corrected chi connectivity index (χ4v) is 3.74. The second kappa shape index (κ2) is 12.9. The lowest BCUT2D eigenvalue weighted by molar-refractivity contribution is -0.137. The van der Waals surface area contributed by atoms with Crippen LogP contribution in [0.15, 0.2) is 34.2 Å². The number of ketones is 1. The number of guanidine groups is 1. The summed E-state index contributed by atoms with van der Waals surface area (Å²) in [4.78, 5) is 39.3. The van der Waals surface area contributed by atoms with E-state index in [0.717, 1.165) is 5.56 Å². The van der Waals surface area contributed by atoms with Gasteiger partial charge in [-0.3, -0.25) is 14.6 Å². The van der Waals surface area contributed by atoms with Crippen molar-refractivity contribution in [1.29, 1.82) is 0 Å². The number of hydrogen-bond acceptors (Lipinski definition) is 7. The average Bonchev–Trinajstić information content (AvgIpc) is 2.68. The predicted octanol–water partition coefficient (Wildman–Crippen LogP) is 2.09. The van der Waals surface area contributed by atoms with Gasteiger partial charge in [0, 0.05) is 19.4 Å². The number of benzene rings is 1. The Morgan fingerprint density at radius 3 is 2.29 bits per heavy atom. The quantitative estimate of drug-likeness (QED) is 0.192. The van der Waals surface area contributed by atoms with Gasteiger partial charge in [0.25, 0.3) is 10.0 Å². The molecule has 0 fully saturated rings. The topological polar surface area (TPSA) is 177 Å². The van der Waals surface area contributed by atoms with E-state index >= 15 is 0 Å². The van der Waals surface area contributed by atoms with Gasteiger partial charge in [0.15, 0.2) is 5.78 Å². The molecule has 12 heteroatoms. The van der Waals surface area contributed by atoms with Crippen LogP contribution in [0, 0.1) is 6.92 Å². The highest BCUT2D eigenvalue weighted by atomic mass is 32.2. The van der Waals surface area contributed by atoms with Crippen LogP contribution in [0.1, 0.15) is 58.4 Å². The number of sulfonamides is 1. The largest absolute Gasteiger partial charge is 0.481 e. The number of aliphatic imine (C=N–C) groups is 1. The maximum atomic E-state index is 12.5. The maximum Gasteiger partial charge on any atom is 0.408 e. The van der Waals surface area contributed by atoms with Gasteiger partial charge in [-0.25, -0.2) is 17.9 Å². The van der Waals surface area contributed by atoms with Crippen LogP contribution in [0.2, 0.25) is 0 Å². The van der Waals surface area contributed by atoms with Gasteiger partial charge in [-0.2, -0.15) is 0 Å². The average molecular weight is 499 g/mol. The van der Waals surface area contributed by atoms with Crippen molar-refractivity contribution in [3.8, 4) is 0 Å². The second-order valence-corrected chi connectivity index (χ2v) is 10.4. The van der Waals surface area contributed by atoms with Crippen molar-refractivity contribution in [2.45, 2.75) is 76.3 Å². The van der Waals surface area contributed by atoms with Gasteiger partial charge < -0.3 is 20.9 Å². The van der Waals surface area contributed by atoms with E-state index in [-0.39, 0.29) is 48.9 Å². The Morgan fingerprint density at radius 2 is 1.74 bits per heavy atom. The molecule has 0 heterocycles. The number of carboxylic acids is 1. The Labute approximate surface area is 200 Å². The zero-order valence-corrected chi connectivity index (χ0v) is 20.8. The summed E-state index contributed by atoms with van der Waals surface area (Å²) < 4.78 is 32.1. The minimum absolute atomic E-state index is 0.0193. The number of nitrogens with two attached hydrogens (primary N) is 1. The van der Waals surface area contributed by atoms with Crippen molar-refractivity contribution >= 4 is 33.8 Å². The molecule has 0 radical (unpaired) electrons. The lowest BCUT2D eigenvalue weighted by Gasteiger charge is -2.23. The normalized spacial score (nSPS) is 13.1. The minimum Gasteiger partial charge on any atom is -0.481 e. The van der Waals surface area contributed by atoms with Crippen molar-refractivity contribution in [2.75, 3.05) is 6.54 Å². The van der Waals surface area contributed by atoms with E-state index in [0.29, 0.717) is 6.42 Å². The van der Waals surface area contributed by atoms with Gasteiger partial charge in [-0.1, -0.05) is 17.7 Å². The molecule has 1 aromatic carbocycles. The first-order valence-corrected chi connectivity index (χ1v) is 12.3. The first kappa shape index (κ1) is 28.9. The summed E-state index contributed by atoms with van der Waals surface area (Å²) >= 11 is 0.